The van der Waals surface area contributed by atoms with Gasteiger partial charge < -0.3 is 97.2 Å². The Hall–Kier alpha value is -8.48. The summed E-state index contributed by atoms with van der Waals surface area (Å²) in [6, 6.07) is 6.89. The number of hydrogen-bond donors (Lipinski definition) is 15. The molecule has 29 heteroatoms. The van der Waals surface area contributed by atoms with Crippen molar-refractivity contribution >= 4 is 70.1 Å². The van der Waals surface area contributed by atoms with Crippen molar-refractivity contribution in [3.63, 3.8) is 0 Å². The molecule has 15 bridgehead atoms. The lowest BCUT2D eigenvalue weighted by molar-refractivity contribution is -0.277. The van der Waals surface area contributed by atoms with Gasteiger partial charge in [-0.3, -0.25) is 38.4 Å². The number of aliphatic hydroxyl groups excluding tert-OH is 6. The number of halogens is 2. The molecule has 4 saturated carbocycles. The molecule has 27 nitrogen and oxygen atoms in total. The van der Waals surface area contributed by atoms with Gasteiger partial charge in [0.2, 0.25) is 41.6 Å². The number of rotatable bonds is 26. The number of phenolic OH excluding ortho intramolecular Hbond substituents is 3. The number of amides is 5. The number of hydrogen-bond acceptors (Lipinski definition) is 22. The Morgan fingerprint density at radius 3 is 1.83 bits per heavy atom. The quantitative estimate of drug-likeness (QED) is 0.0229. The van der Waals surface area contributed by atoms with Crippen LogP contribution in [0.25, 0.3) is 11.1 Å². The molecule has 10 aliphatic rings. The molecular weight excluding hydrogens is 1520 g/mol. The predicted molar refractivity (Wildman–Crippen MR) is 423 cm³/mol. The molecule has 0 aromatic heterocycles. The molecule has 5 aromatic carbocycles. The van der Waals surface area contributed by atoms with E-state index in [9.17, 15) is 55.5 Å². The minimum Gasteiger partial charge on any atom is -0.507 e. The molecule has 6 heterocycles. The number of Topliss-reactive ketones (excluding diaryl/α,β-unsaturated/α-hetero) is 3. The van der Waals surface area contributed by atoms with Crippen molar-refractivity contribution in [3.8, 4) is 57.1 Å². The van der Waals surface area contributed by atoms with E-state index in [1.165, 1.54) is 92.8 Å². The monoisotopic (exact) mass is 1630 g/mol. The zero-order valence-corrected chi connectivity index (χ0v) is 66.7. The number of nitrogens with two attached hydrogens (primary N) is 1. The van der Waals surface area contributed by atoms with E-state index in [1.807, 2.05) is 13.8 Å². The summed E-state index contributed by atoms with van der Waals surface area (Å²) in [6.45, 7) is 7.17. The van der Waals surface area contributed by atoms with E-state index < -0.39 is 192 Å². The predicted octanol–water partition coefficient (Wildman–Crippen LogP) is 10.2. The Bertz CT molecular complexity index is 4400. The van der Waals surface area contributed by atoms with Crippen molar-refractivity contribution in [2.45, 2.75) is 242 Å². The molecule has 16 N–H and O–H groups in total. The van der Waals surface area contributed by atoms with Crippen LogP contribution in [0.5, 0.6) is 46.0 Å². The number of aliphatic hydroxyl groups is 6. The van der Waals surface area contributed by atoms with Gasteiger partial charge in [0.15, 0.2) is 28.8 Å². The maximum Gasteiger partial charge on any atom is 0.246 e. The number of nitrogens with one attached hydrogen (secondary N) is 5. The summed E-state index contributed by atoms with van der Waals surface area (Å²) in [4.78, 5) is 123. The Balaban J connectivity index is 1.03. The van der Waals surface area contributed by atoms with Crippen molar-refractivity contribution in [2.24, 2.45) is 53.1 Å². The Kier molecular flexibility index (Phi) is 28.3. The van der Waals surface area contributed by atoms with Gasteiger partial charge in [-0.1, -0.05) is 127 Å². The van der Waals surface area contributed by atoms with Gasteiger partial charge in [0.25, 0.3) is 0 Å². The van der Waals surface area contributed by atoms with Crippen LogP contribution in [0, 0.1) is 47.3 Å². The average Bonchev–Trinajstić information content (AvgIpc) is 0.758. The standard InChI is InChI=1S/C86H108Cl2N6O21/c1-5-7-8-9-10-11-12-13-14-15-22-90-39-56-60(97)38-55-70(77(56)104)54-29-45(16-19-59(54)96)53-37-62(99)71-50-33-66(112-64-20-17-46(30-57(64)87)75(102)73(93-82(108)44(6-2)23-41(3)4)61(98)32-51(35-69(89)101)83(109)91-71)81(115-86-80(107)79(106)78(105)68(40-95)114-86)67(34-50)113-65-21-18-47(31-58(65)88)76(103)74(94-84(53)110)85(111)92-72(55)63(100)36-52-48-25-42-24-43(27-48)28-49(52)26-42/h16-21,29-31,33-34,38,41-44,48-49,51-53,68,71-76,78-80,86,90,95-97,102-107H,5-15,22-28,32,35-37,39-40H2,1-4H3,(H2,89,101)(H,91,109)(H,92,111)(H,93,108)(H,94,110)/t42?,43?,44-,48?,49?,51+,52?,53-,68-,71-,72+,73+,74+,75-,76-,78-,79+,80-,86+/m1/s1. The van der Waals surface area contributed by atoms with Crippen molar-refractivity contribution in [1.29, 1.82) is 0 Å². The van der Waals surface area contributed by atoms with E-state index in [2.05, 4.69) is 33.5 Å². The lowest BCUT2D eigenvalue weighted by Gasteiger charge is -2.54. The Labute approximate surface area is 678 Å². The molecular formula is C86H108Cl2N6O21. The third-order valence-electron chi connectivity index (χ3n) is 24.5. The summed E-state index contributed by atoms with van der Waals surface area (Å²) >= 11 is 14.3. The van der Waals surface area contributed by atoms with Crippen LogP contribution in [0.3, 0.4) is 0 Å². The molecule has 14 atom stereocenters. The van der Waals surface area contributed by atoms with E-state index in [0.29, 0.717) is 31.2 Å². The number of phenols is 3. The summed E-state index contributed by atoms with van der Waals surface area (Å²) in [7, 11) is 0. The number of unbranched alkanes of at least 4 members (excludes halogenated alkanes) is 9. The topological polar surface area (TPSA) is 442 Å². The van der Waals surface area contributed by atoms with E-state index in [1.54, 1.807) is 6.92 Å². The second-order valence-corrected chi connectivity index (χ2v) is 33.9. The first-order valence-corrected chi connectivity index (χ1v) is 41.4. The molecule has 1 saturated heterocycles. The largest absolute Gasteiger partial charge is 0.507 e. The fraction of sp³-hybridized carbons (Fsp3) is 0.558. The molecule has 622 valence electrons. The molecule has 4 aliphatic carbocycles. The minimum absolute atomic E-state index is 0.00342. The molecule has 5 amide bonds. The summed E-state index contributed by atoms with van der Waals surface area (Å²) in [5, 5.41) is 121. The van der Waals surface area contributed by atoms with Crippen molar-refractivity contribution in [2.75, 3.05) is 13.2 Å². The van der Waals surface area contributed by atoms with E-state index in [0.717, 1.165) is 76.3 Å². The Morgan fingerprint density at radius 2 is 1.24 bits per heavy atom. The van der Waals surface area contributed by atoms with E-state index in [4.69, 9.17) is 47.9 Å². The molecule has 5 fully saturated rings. The first kappa shape index (κ1) is 85.9. The number of carbonyl (C=O) groups is 8. The highest BCUT2D eigenvalue weighted by molar-refractivity contribution is 6.32. The van der Waals surface area contributed by atoms with Crippen LogP contribution in [0.1, 0.15) is 226 Å². The highest BCUT2D eigenvalue weighted by atomic mass is 35.5. The summed E-state index contributed by atoms with van der Waals surface area (Å²) in [6.07, 6.45) is -0.263. The highest BCUT2D eigenvalue weighted by Crippen LogP contribution is 2.59. The van der Waals surface area contributed by atoms with Gasteiger partial charge in [-0.15, -0.1) is 0 Å². The maximum absolute atomic E-state index is 16.5. The molecule has 0 unspecified atom stereocenters. The van der Waals surface area contributed by atoms with Crippen LogP contribution in [-0.4, -0.2) is 149 Å². The van der Waals surface area contributed by atoms with Crippen LogP contribution in [0.15, 0.2) is 72.8 Å². The second kappa shape index (κ2) is 37.8. The van der Waals surface area contributed by atoms with Gasteiger partial charge >= 0.3 is 0 Å². The smallest absolute Gasteiger partial charge is 0.246 e. The third kappa shape index (κ3) is 19.5. The van der Waals surface area contributed by atoms with Gasteiger partial charge in [-0.05, 0) is 176 Å². The second-order valence-electron chi connectivity index (χ2n) is 33.1. The van der Waals surface area contributed by atoms with Crippen LogP contribution in [-0.2, 0) is 49.6 Å². The first-order valence-electron chi connectivity index (χ1n) is 40.7. The minimum atomic E-state index is -2.14. The molecule has 5 aromatic rings. The summed E-state index contributed by atoms with van der Waals surface area (Å²) in [5.74, 6) is -14.8. The zero-order valence-electron chi connectivity index (χ0n) is 65.2. The normalized spacial score (nSPS) is 28.2. The van der Waals surface area contributed by atoms with E-state index in [-0.39, 0.29) is 103 Å². The number of fused-ring (bicyclic) bond motifs is 15. The fourth-order valence-electron chi connectivity index (χ4n) is 18.4. The lowest BCUT2D eigenvalue weighted by Crippen LogP contribution is -2.60. The summed E-state index contributed by atoms with van der Waals surface area (Å²) in [5.41, 5.74) is 4.54. The highest BCUT2D eigenvalue weighted by Gasteiger charge is 2.51. The van der Waals surface area contributed by atoms with Gasteiger partial charge in [-0.2, -0.15) is 0 Å². The van der Waals surface area contributed by atoms with Gasteiger partial charge in [0.1, 0.15) is 89.5 Å². The molecule has 15 rings (SSSR count). The van der Waals surface area contributed by atoms with Crippen molar-refractivity contribution in [1.82, 2.24) is 26.6 Å². The van der Waals surface area contributed by atoms with Gasteiger partial charge in [0, 0.05) is 49.3 Å². The van der Waals surface area contributed by atoms with Crippen LogP contribution >= 0.6 is 23.2 Å². The van der Waals surface area contributed by atoms with Crippen LogP contribution in [0.2, 0.25) is 10.0 Å². The van der Waals surface area contributed by atoms with Gasteiger partial charge in [0.05, 0.1) is 34.1 Å². The third-order valence-corrected chi connectivity index (χ3v) is 25.0. The van der Waals surface area contributed by atoms with E-state index >= 15 is 28.8 Å². The number of ketones is 3. The Morgan fingerprint density at radius 1 is 0.635 bits per heavy atom. The number of aromatic hydroxyl groups is 3. The molecule has 115 heavy (non-hydrogen) atoms. The van der Waals surface area contributed by atoms with Crippen molar-refractivity contribution in [3.05, 3.63) is 116 Å². The summed E-state index contributed by atoms with van der Waals surface area (Å²) < 4.78 is 25.5. The molecule has 6 aliphatic heterocycles. The zero-order chi connectivity index (χ0) is 82.4. The average molecular weight is 1630 g/mol. The first-order chi connectivity index (χ1) is 55.0. The lowest BCUT2D eigenvalue weighted by atomic mass is 9.51. The SMILES string of the molecule is CCCCCCCCCCCCNCc1c(O)cc2c(c1O)-c1cc(ccc1O)[C@H]1CC(=O)[C@@H]3NC(=O)[C@H](CC(N)=O)CC(=O)[C@H](NC(=O)[C@H](CC)CC(C)C)[C@H](O)c4ccc(c(Cl)c4)Oc4cc3cc(c4O[C@@H]3O[C@H](CO)[C@@H](O)[C@H](O)[C@H]3O)Oc3ccc(cc3Cl)[C@@H](O)[C@H](NC1=O)C(=O)N[C@@H]2C(=O)CC1C2CC3CC(C2)CC1C3. The number of carbonyl (C=O) groups excluding carboxylic acids is 8. The van der Waals surface area contributed by atoms with Crippen molar-refractivity contribution < 1.29 is 103 Å². The number of benzene rings is 5. The van der Waals surface area contributed by atoms with Gasteiger partial charge in [-0.25, -0.2) is 0 Å². The van der Waals surface area contributed by atoms with Crippen LogP contribution in [0.4, 0.5) is 0 Å². The fourth-order valence-corrected chi connectivity index (χ4v) is 18.9. The number of ether oxygens (including phenoxy) is 4. The molecule has 0 radical (unpaired) electrons. The number of primary amides is 1. The van der Waals surface area contributed by atoms with Crippen LogP contribution < -0.4 is 46.5 Å². The maximum atomic E-state index is 16.5. The molecule has 0 spiro atoms.